The Labute approximate surface area is 153 Å². The molecule has 0 saturated heterocycles. The molecule has 8 nitrogen and oxygen atoms in total. The van der Waals surface area contributed by atoms with Crippen LogP contribution in [-0.4, -0.2) is 32.8 Å². The van der Waals surface area contributed by atoms with Crippen molar-refractivity contribution in [1.29, 1.82) is 0 Å². The Bertz CT molecular complexity index is 805. The Morgan fingerprint density at radius 2 is 1.78 bits per heavy atom. The monoisotopic (exact) mass is 409 g/mol. The van der Waals surface area contributed by atoms with E-state index in [4.69, 9.17) is 5.73 Å². The van der Waals surface area contributed by atoms with Gasteiger partial charge in [0, 0.05) is 18.0 Å². The van der Waals surface area contributed by atoms with Gasteiger partial charge in [0.25, 0.3) is 0 Å². The topological polar surface area (TPSA) is 128 Å². The van der Waals surface area contributed by atoms with Gasteiger partial charge in [-0.1, -0.05) is 6.07 Å². The molecule has 0 unspecified atom stereocenters. The van der Waals surface area contributed by atoms with E-state index in [9.17, 15) is 31.2 Å². The molecule has 0 radical (unpaired) electrons. The highest BCUT2D eigenvalue weighted by Gasteiger charge is 2.32. The van der Waals surface area contributed by atoms with Crippen LogP contribution in [-0.2, 0) is 14.8 Å². The van der Waals surface area contributed by atoms with E-state index in [1.807, 2.05) is 5.32 Å². The Kier molecular flexibility index (Phi) is 6.31. The number of amides is 3. The minimum atomic E-state index is -4.93. The van der Waals surface area contributed by atoms with Gasteiger partial charge in [-0.15, -0.1) is 13.2 Å². The minimum absolute atomic E-state index is 0.328. The predicted molar refractivity (Wildman–Crippen MR) is 86.9 cm³/mol. The summed E-state index contributed by atoms with van der Waals surface area (Å²) in [6, 6.07) is 2.62. The number of ether oxygens (including phenoxy) is 1. The first kappa shape index (κ1) is 21.0. The van der Waals surface area contributed by atoms with Crippen LogP contribution in [0.1, 0.15) is 25.7 Å². The molecular formula is C15H18F3N3O5S. The van der Waals surface area contributed by atoms with Gasteiger partial charge < -0.3 is 10.5 Å². The Hall–Kier alpha value is -2.34. The molecular weight excluding hydrogens is 391 g/mol. The summed E-state index contributed by atoms with van der Waals surface area (Å²) in [6.07, 6.45) is -3.60. The molecule has 0 aromatic heterocycles. The second-order valence-corrected chi connectivity index (χ2v) is 7.76. The third-order valence-corrected chi connectivity index (χ3v) is 5.53. The molecule has 0 atom stereocenters. The Morgan fingerprint density at radius 3 is 2.33 bits per heavy atom. The van der Waals surface area contributed by atoms with E-state index in [2.05, 4.69) is 9.46 Å². The van der Waals surface area contributed by atoms with Crippen LogP contribution in [0.3, 0.4) is 0 Å². The van der Waals surface area contributed by atoms with Gasteiger partial charge in [-0.3, -0.25) is 10.1 Å². The maximum absolute atomic E-state index is 12.4. The van der Waals surface area contributed by atoms with Crippen molar-refractivity contribution in [2.75, 3.05) is 0 Å². The molecule has 0 bridgehead atoms. The molecule has 1 fully saturated rings. The SMILES string of the molecule is NC(=O)NC(=O)C1CCC(NS(=O)(=O)c2cccc(OC(F)(F)F)c2)CC1. The normalized spacial score (nSPS) is 20.7. The van der Waals surface area contributed by atoms with Crippen LogP contribution < -0.4 is 20.5 Å². The van der Waals surface area contributed by atoms with Crippen molar-refractivity contribution < 1.29 is 35.9 Å². The van der Waals surface area contributed by atoms with E-state index in [-0.39, 0.29) is 4.90 Å². The molecule has 3 amide bonds. The van der Waals surface area contributed by atoms with Crippen molar-refractivity contribution >= 4 is 22.0 Å². The maximum Gasteiger partial charge on any atom is 0.573 e. The number of rotatable bonds is 5. The molecule has 2 rings (SSSR count). The summed E-state index contributed by atoms with van der Waals surface area (Å²) in [5, 5.41) is 1.98. The van der Waals surface area contributed by atoms with Gasteiger partial charge in [0.15, 0.2) is 0 Å². The Balaban J connectivity index is 1.98. The van der Waals surface area contributed by atoms with Gasteiger partial charge >= 0.3 is 12.4 Å². The number of nitrogens with one attached hydrogen (secondary N) is 2. The van der Waals surface area contributed by atoms with Crippen molar-refractivity contribution in [1.82, 2.24) is 10.0 Å². The zero-order chi connectivity index (χ0) is 20.2. The second kappa shape index (κ2) is 8.13. The van der Waals surface area contributed by atoms with Crippen LogP contribution in [0.25, 0.3) is 0 Å². The standard InChI is InChI=1S/C15H18F3N3O5S/c16-15(17,18)26-11-2-1-3-12(8-11)27(24,25)21-10-6-4-9(5-7-10)13(22)20-14(19)23/h1-3,8-10,21H,4-7H2,(H3,19,20,22,23). The lowest BCUT2D eigenvalue weighted by molar-refractivity contribution is -0.274. The van der Waals surface area contributed by atoms with Crippen LogP contribution in [0.4, 0.5) is 18.0 Å². The van der Waals surface area contributed by atoms with E-state index < -0.39 is 46.0 Å². The van der Waals surface area contributed by atoms with Crippen LogP contribution in [0.2, 0.25) is 0 Å². The lowest BCUT2D eigenvalue weighted by Gasteiger charge is -2.27. The number of halogens is 3. The van der Waals surface area contributed by atoms with E-state index in [0.29, 0.717) is 25.7 Å². The van der Waals surface area contributed by atoms with Crippen molar-refractivity contribution in [2.24, 2.45) is 11.7 Å². The van der Waals surface area contributed by atoms with Crippen molar-refractivity contribution in [3.63, 3.8) is 0 Å². The number of hydrogen-bond acceptors (Lipinski definition) is 5. The summed E-state index contributed by atoms with van der Waals surface area (Å²) >= 11 is 0. The maximum atomic E-state index is 12.4. The molecule has 1 aromatic rings. The lowest BCUT2D eigenvalue weighted by atomic mass is 9.86. The van der Waals surface area contributed by atoms with Crippen molar-refractivity contribution in [3.05, 3.63) is 24.3 Å². The number of nitrogens with two attached hydrogens (primary N) is 1. The van der Waals surface area contributed by atoms with Gasteiger partial charge in [-0.05, 0) is 37.8 Å². The predicted octanol–water partition coefficient (Wildman–Crippen LogP) is 1.62. The number of carbonyl (C=O) groups is 2. The summed E-state index contributed by atoms with van der Waals surface area (Å²) in [5.74, 6) is -1.61. The van der Waals surface area contributed by atoms with E-state index in [0.717, 1.165) is 24.3 Å². The van der Waals surface area contributed by atoms with Crippen molar-refractivity contribution in [3.8, 4) is 5.75 Å². The largest absolute Gasteiger partial charge is 0.573 e. The molecule has 0 spiro atoms. The number of benzene rings is 1. The number of carbonyl (C=O) groups excluding carboxylic acids is 2. The van der Waals surface area contributed by atoms with Gasteiger partial charge in [0.05, 0.1) is 4.90 Å². The summed E-state index contributed by atoms with van der Waals surface area (Å²) < 4.78 is 67.7. The quantitative estimate of drug-likeness (QED) is 0.681. The number of urea groups is 1. The Morgan fingerprint density at radius 1 is 1.15 bits per heavy atom. The summed E-state index contributed by atoms with van der Waals surface area (Å²) in [7, 11) is -4.07. The fraction of sp³-hybridized carbons (Fsp3) is 0.467. The minimum Gasteiger partial charge on any atom is -0.406 e. The highest BCUT2D eigenvalue weighted by atomic mass is 32.2. The number of imide groups is 1. The molecule has 1 aromatic carbocycles. The molecule has 150 valence electrons. The zero-order valence-corrected chi connectivity index (χ0v) is 14.8. The van der Waals surface area contributed by atoms with Crippen LogP contribution in [0.5, 0.6) is 5.75 Å². The number of hydrogen-bond donors (Lipinski definition) is 3. The molecule has 0 aliphatic heterocycles. The third-order valence-electron chi connectivity index (χ3n) is 4.02. The molecule has 0 heterocycles. The fourth-order valence-electron chi connectivity index (χ4n) is 2.82. The summed E-state index contributed by atoms with van der Waals surface area (Å²) in [4.78, 5) is 22.0. The van der Waals surface area contributed by atoms with Gasteiger partial charge in [-0.2, -0.15) is 0 Å². The second-order valence-electron chi connectivity index (χ2n) is 6.05. The third kappa shape index (κ3) is 6.40. The molecule has 27 heavy (non-hydrogen) atoms. The molecule has 4 N–H and O–H groups in total. The summed E-state index contributed by atoms with van der Waals surface area (Å²) in [6.45, 7) is 0. The number of sulfonamides is 1. The first-order valence-electron chi connectivity index (χ1n) is 7.95. The molecule has 1 aliphatic rings. The van der Waals surface area contributed by atoms with Gasteiger partial charge in [0.1, 0.15) is 5.75 Å². The first-order chi connectivity index (χ1) is 12.5. The van der Waals surface area contributed by atoms with E-state index >= 15 is 0 Å². The van der Waals surface area contributed by atoms with E-state index in [1.54, 1.807) is 0 Å². The molecule has 1 aliphatic carbocycles. The van der Waals surface area contributed by atoms with E-state index in [1.165, 1.54) is 0 Å². The highest BCUT2D eigenvalue weighted by molar-refractivity contribution is 7.89. The molecule has 12 heteroatoms. The zero-order valence-electron chi connectivity index (χ0n) is 14.0. The van der Waals surface area contributed by atoms with Gasteiger partial charge in [-0.25, -0.2) is 17.9 Å². The number of primary amides is 1. The smallest absolute Gasteiger partial charge is 0.406 e. The number of alkyl halides is 3. The summed E-state index contributed by atoms with van der Waals surface area (Å²) in [5.41, 5.74) is 4.88. The lowest BCUT2D eigenvalue weighted by Crippen LogP contribution is -2.43. The van der Waals surface area contributed by atoms with Crippen molar-refractivity contribution in [2.45, 2.75) is 43.0 Å². The first-order valence-corrected chi connectivity index (χ1v) is 9.43. The fourth-order valence-corrected chi connectivity index (χ4v) is 4.16. The molecule has 1 saturated carbocycles. The highest BCUT2D eigenvalue weighted by Crippen LogP contribution is 2.27. The average molecular weight is 409 g/mol. The average Bonchev–Trinajstić information content (AvgIpc) is 2.53. The van der Waals surface area contributed by atoms with Crippen LogP contribution >= 0.6 is 0 Å². The van der Waals surface area contributed by atoms with Crippen LogP contribution in [0, 0.1) is 5.92 Å². The van der Waals surface area contributed by atoms with Crippen LogP contribution in [0.15, 0.2) is 29.2 Å². The van der Waals surface area contributed by atoms with Gasteiger partial charge in [0.2, 0.25) is 15.9 Å².